The number of hydrogen-bond acceptors (Lipinski definition) is 4. The summed E-state index contributed by atoms with van der Waals surface area (Å²) < 4.78 is 6.26. The van der Waals surface area contributed by atoms with Crippen molar-refractivity contribution in [1.82, 2.24) is 14.9 Å². The first-order valence-corrected chi connectivity index (χ1v) is 10.6. The fraction of sp³-hybridized carbons (Fsp3) is 0.364. The van der Waals surface area contributed by atoms with Crippen LogP contribution >= 0.6 is 11.8 Å². The number of carbonyl (C=O) groups is 1. The first-order valence-electron chi connectivity index (χ1n) is 9.65. The van der Waals surface area contributed by atoms with E-state index in [9.17, 15) is 4.79 Å². The normalized spacial score (nSPS) is 20.6. The van der Waals surface area contributed by atoms with Crippen LogP contribution in [0.5, 0.6) is 0 Å². The summed E-state index contributed by atoms with van der Waals surface area (Å²) in [7, 11) is 0. The molecular formula is C22H23N3O2S. The van der Waals surface area contributed by atoms with Crippen molar-refractivity contribution >= 4 is 28.6 Å². The average molecular weight is 394 g/mol. The number of para-hydroxylation sites is 1. The predicted molar refractivity (Wildman–Crippen MR) is 112 cm³/mol. The molecule has 3 aromatic rings. The summed E-state index contributed by atoms with van der Waals surface area (Å²) in [6.07, 6.45) is 1.23. The van der Waals surface area contributed by atoms with Crippen molar-refractivity contribution in [1.29, 1.82) is 0 Å². The summed E-state index contributed by atoms with van der Waals surface area (Å²) >= 11 is 1.95. The largest absolute Gasteiger partial charge is 0.371 e. The first kappa shape index (κ1) is 17.8. The molecule has 1 aromatic carbocycles. The summed E-state index contributed by atoms with van der Waals surface area (Å²) in [6, 6.07) is 16.0. The van der Waals surface area contributed by atoms with Crippen LogP contribution < -0.4 is 0 Å². The number of aromatic nitrogens is 2. The Morgan fingerprint density at radius 1 is 1.29 bits per heavy atom. The highest BCUT2D eigenvalue weighted by molar-refractivity contribution is 8.01. The number of ether oxygens (including phenoxy) is 1. The van der Waals surface area contributed by atoms with Gasteiger partial charge in [0.05, 0.1) is 23.2 Å². The molecule has 0 aliphatic carbocycles. The number of thioether (sulfide) groups is 1. The molecule has 4 heterocycles. The summed E-state index contributed by atoms with van der Waals surface area (Å²) in [5, 5.41) is 1.08. The molecule has 0 bridgehead atoms. The van der Waals surface area contributed by atoms with Gasteiger partial charge in [-0.3, -0.25) is 9.78 Å². The highest BCUT2D eigenvalue weighted by Crippen LogP contribution is 2.46. The van der Waals surface area contributed by atoms with Crippen LogP contribution in [-0.4, -0.2) is 50.5 Å². The molecule has 28 heavy (non-hydrogen) atoms. The number of hydrogen-bond donors (Lipinski definition) is 1. The zero-order valence-electron chi connectivity index (χ0n) is 15.9. The second kappa shape index (κ2) is 6.94. The van der Waals surface area contributed by atoms with Crippen LogP contribution in [0.1, 0.15) is 28.3 Å². The van der Waals surface area contributed by atoms with Gasteiger partial charge in [0.15, 0.2) is 0 Å². The van der Waals surface area contributed by atoms with Gasteiger partial charge in [0.1, 0.15) is 5.69 Å². The lowest BCUT2D eigenvalue weighted by atomic mass is 9.92. The van der Waals surface area contributed by atoms with E-state index in [-0.39, 0.29) is 16.8 Å². The van der Waals surface area contributed by atoms with Gasteiger partial charge in [-0.05, 0) is 37.6 Å². The van der Waals surface area contributed by atoms with Gasteiger partial charge in [0.2, 0.25) is 0 Å². The molecule has 1 spiro atoms. The van der Waals surface area contributed by atoms with E-state index >= 15 is 0 Å². The second-order valence-corrected chi connectivity index (χ2v) is 9.32. The predicted octanol–water partition coefficient (Wildman–Crippen LogP) is 3.79. The summed E-state index contributed by atoms with van der Waals surface area (Å²) in [5.74, 6) is 1.08. The number of amides is 1. The fourth-order valence-electron chi connectivity index (χ4n) is 4.16. The molecule has 2 aromatic heterocycles. The van der Waals surface area contributed by atoms with Crippen molar-refractivity contribution in [2.24, 2.45) is 0 Å². The topological polar surface area (TPSA) is 58.2 Å². The monoisotopic (exact) mass is 393 g/mol. The lowest BCUT2D eigenvalue weighted by molar-refractivity contribution is 0.0243. The van der Waals surface area contributed by atoms with Crippen LogP contribution in [0.4, 0.5) is 0 Å². The molecule has 2 saturated heterocycles. The number of nitrogens with one attached hydrogen (secondary N) is 1. The molecule has 5 rings (SSSR count). The van der Waals surface area contributed by atoms with E-state index in [1.165, 1.54) is 0 Å². The van der Waals surface area contributed by atoms with E-state index in [0.717, 1.165) is 47.6 Å². The Labute approximate surface area is 168 Å². The van der Waals surface area contributed by atoms with Crippen LogP contribution in [0, 0.1) is 6.92 Å². The van der Waals surface area contributed by atoms with Gasteiger partial charge in [0, 0.05) is 35.4 Å². The minimum absolute atomic E-state index is 0.0933. The summed E-state index contributed by atoms with van der Waals surface area (Å²) in [5.41, 5.74) is 3.69. The number of aryl methyl sites for hydroxylation is 1. The Kier molecular flexibility index (Phi) is 4.40. The van der Waals surface area contributed by atoms with E-state index in [4.69, 9.17) is 4.74 Å². The SMILES string of the molecule is Cc1cccc(COC2CSC3(C2)CN(C(=O)c2cc4ccccc4[nH]2)C3)n1. The third kappa shape index (κ3) is 3.31. The fourth-order valence-corrected chi connectivity index (χ4v) is 5.72. The number of carbonyl (C=O) groups excluding carboxylic acids is 1. The van der Waals surface area contributed by atoms with Gasteiger partial charge >= 0.3 is 0 Å². The van der Waals surface area contributed by atoms with Gasteiger partial charge in [-0.15, -0.1) is 11.8 Å². The number of likely N-dealkylation sites (tertiary alicyclic amines) is 1. The molecule has 2 fully saturated rings. The van der Waals surface area contributed by atoms with E-state index in [2.05, 4.69) is 9.97 Å². The van der Waals surface area contributed by atoms with Crippen molar-refractivity contribution in [2.45, 2.75) is 30.8 Å². The number of H-pyrrole nitrogens is 1. The zero-order chi connectivity index (χ0) is 19.1. The van der Waals surface area contributed by atoms with Gasteiger partial charge in [-0.2, -0.15) is 0 Å². The number of aromatic amines is 1. The van der Waals surface area contributed by atoms with Crippen LogP contribution in [0.15, 0.2) is 48.5 Å². The Bertz CT molecular complexity index is 992. The minimum Gasteiger partial charge on any atom is -0.371 e. The van der Waals surface area contributed by atoms with E-state index in [1.807, 2.05) is 72.1 Å². The van der Waals surface area contributed by atoms with Gasteiger partial charge in [0.25, 0.3) is 5.91 Å². The molecule has 1 N–H and O–H groups in total. The van der Waals surface area contributed by atoms with E-state index < -0.39 is 0 Å². The first-order chi connectivity index (χ1) is 13.6. The van der Waals surface area contributed by atoms with Crippen molar-refractivity contribution in [3.8, 4) is 0 Å². The highest BCUT2D eigenvalue weighted by atomic mass is 32.2. The molecule has 2 aliphatic heterocycles. The summed E-state index contributed by atoms with van der Waals surface area (Å²) in [4.78, 5) is 22.5. The van der Waals surface area contributed by atoms with Gasteiger partial charge in [-0.1, -0.05) is 24.3 Å². The lowest BCUT2D eigenvalue weighted by Gasteiger charge is -2.47. The van der Waals surface area contributed by atoms with E-state index in [0.29, 0.717) is 12.3 Å². The van der Waals surface area contributed by atoms with Crippen molar-refractivity contribution in [3.63, 3.8) is 0 Å². The van der Waals surface area contributed by atoms with Crippen LogP contribution in [-0.2, 0) is 11.3 Å². The molecule has 1 atom stereocenters. The molecule has 2 aliphatic rings. The molecule has 5 nitrogen and oxygen atoms in total. The van der Waals surface area contributed by atoms with E-state index in [1.54, 1.807) is 0 Å². The molecule has 0 saturated carbocycles. The number of fused-ring (bicyclic) bond motifs is 1. The zero-order valence-corrected chi connectivity index (χ0v) is 16.7. The quantitative estimate of drug-likeness (QED) is 0.733. The Morgan fingerprint density at radius 2 is 2.14 bits per heavy atom. The molecule has 1 amide bonds. The Balaban J connectivity index is 1.16. The molecule has 144 valence electrons. The lowest BCUT2D eigenvalue weighted by Crippen LogP contribution is -2.60. The Hall–Kier alpha value is -2.31. The van der Waals surface area contributed by atoms with Crippen LogP contribution in [0.2, 0.25) is 0 Å². The molecule has 1 unspecified atom stereocenters. The maximum absolute atomic E-state index is 12.8. The maximum atomic E-state index is 12.8. The minimum atomic E-state index is 0.0933. The summed E-state index contributed by atoms with van der Waals surface area (Å²) in [6.45, 7) is 4.15. The molecule has 6 heteroatoms. The Morgan fingerprint density at radius 3 is 2.96 bits per heavy atom. The highest BCUT2D eigenvalue weighted by Gasteiger charge is 2.51. The number of benzene rings is 1. The third-order valence-corrected chi connectivity index (χ3v) is 7.17. The van der Waals surface area contributed by atoms with Crippen molar-refractivity contribution in [3.05, 3.63) is 65.6 Å². The third-order valence-electron chi connectivity index (χ3n) is 5.59. The van der Waals surface area contributed by atoms with Crippen LogP contribution in [0.3, 0.4) is 0 Å². The number of nitrogens with zero attached hydrogens (tertiary/aromatic N) is 2. The smallest absolute Gasteiger partial charge is 0.270 e. The number of rotatable bonds is 4. The average Bonchev–Trinajstić information content (AvgIpc) is 3.29. The molecule has 0 radical (unpaired) electrons. The van der Waals surface area contributed by atoms with Gasteiger partial charge < -0.3 is 14.6 Å². The number of pyridine rings is 1. The second-order valence-electron chi connectivity index (χ2n) is 7.83. The standard InChI is InChI=1S/C22H23N3O2S/c1-15-5-4-7-17(23-15)11-27-18-10-22(28-12-18)13-25(14-22)21(26)20-9-16-6-2-3-8-19(16)24-20/h2-9,18,24H,10-14H2,1H3. The van der Waals surface area contributed by atoms with Gasteiger partial charge in [-0.25, -0.2) is 0 Å². The van der Waals surface area contributed by atoms with Crippen LogP contribution in [0.25, 0.3) is 10.9 Å². The van der Waals surface area contributed by atoms with Crippen molar-refractivity contribution < 1.29 is 9.53 Å². The molecular weight excluding hydrogens is 370 g/mol. The van der Waals surface area contributed by atoms with Crippen molar-refractivity contribution in [2.75, 3.05) is 18.8 Å². The maximum Gasteiger partial charge on any atom is 0.270 e.